The third-order valence-corrected chi connectivity index (χ3v) is 3.37. The molecule has 1 aliphatic heterocycles. The Labute approximate surface area is 90.9 Å². The summed E-state index contributed by atoms with van der Waals surface area (Å²) >= 11 is 2.02. The van der Waals surface area contributed by atoms with Crippen LogP contribution in [-0.4, -0.2) is 43.6 Å². The maximum Gasteiger partial charge on any atom is 0.169 e. The van der Waals surface area contributed by atoms with E-state index in [0.717, 1.165) is 6.54 Å². The highest BCUT2D eigenvalue weighted by molar-refractivity contribution is 7.99. The lowest BCUT2D eigenvalue weighted by molar-refractivity contribution is -0.133. The molecule has 1 rings (SSSR count). The Hall–Kier alpha value is 0.230. The van der Waals surface area contributed by atoms with Crippen molar-refractivity contribution in [1.82, 2.24) is 5.32 Å². The van der Waals surface area contributed by atoms with E-state index in [4.69, 9.17) is 9.47 Å². The van der Waals surface area contributed by atoms with Crippen molar-refractivity contribution in [3.05, 3.63) is 0 Å². The van der Waals surface area contributed by atoms with Gasteiger partial charge in [-0.2, -0.15) is 11.8 Å². The van der Waals surface area contributed by atoms with E-state index in [1.807, 2.05) is 25.6 Å². The number of hydrogen-bond donors (Lipinski definition) is 1. The minimum absolute atomic E-state index is 0.0735. The lowest BCUT2D eigenvalue weighted by Crippen LogP contribution is -2.38. The van der Waals surface area contributed by atoms with Gasteiger partial charge in [0, 0.05) is 31.6 Å². The number of hydrogen-bond acceptors (Lipinski definition) is 4. The van der Waals surface area contributed by atoms with E-state index in [0.29, 0.717) is 19.3 Å². The smallest absolute Gasteiger partial charge is 0.169 e. The van der Waals surface area contributed by atoms with Crippen LogP contribution < -0.4 is 5.32 Å². The van der Waals surface area contributed by atoms with Crippen molar-refractivity contribution in [1.29, 1.82) is 0 Å². The van der Waals surface area contributed by atoms with Gasteiger partial charge in [0.25, 0.3) is 0 Å². The summed E-state index contributed by atoms with van der Waals surface area (Å²) < 4.78 is 10.9. The average molecular weight is 219 g/mol. The van der Waals surface area contributed by atoms with Crippen LogP contribution in [0.3, 0.4) is 0 Å². The van der Waals surface area contributed by atoms with Gasteiger partial charge in [-0.3, -0.25) is 0 Å². The molecule has 1 unspecified atom stereocenters. The molecule has 84 valence electrons. The fourth-order valence-electron chi connectivity index (χ4n) is 1.50. The van der Waals surface area contributed by atoms with Gasteiger partial charge in [-0.15, -0.1) is 0 Å². The zero-order chi connectivity index (χ0) is 10.2. The molecule has 0 amide bonds. The maximum atomic E-state index is 5.45. The molecule has 1 saturated heterocycles. The molecule has 0 aromatic rings. The highest BCUT2D eigenvalue weighted by Gasteiger charge is 2.16. The van der Waals surface area contributed by atoms with E-state index >= 15 is 0 Å². The van der Waals surface area contributed by atoms with Gasteiger partial charge >= 0.3 is 0 Å². The first-order chi connectivity index (χ1) is 6.86. The standard InChI is InChI=1S/C10H21NO2S/c1-3-12-10(13-4-2)7-11-9-5-6-14-8-9/h9-11H,3-8H2,1-2H3. The van der Waals surface area contributed by atoms with Crippen LogP contribution in [0.15, 0.2) is 0 Å². The highest BCUT2D eigenvalue weighted by atomic mass is 32.2. The van der Waals surface area contributed by atoms with Crippen molar-refractivity contribution in [2.75, 3.05) is 31.3 Å². The van der Waals surface area contributed by atoms with Crippen molar-refractivity contribution in [2.24, 2.45) is 0 Å². The number of ether oxygens (including phenoxy) is 2. The second-order valence-electron chi connectivity index (χ2n) is 3.31. The van der Waals surface area contributed by atoms with Crippen LogP contribution in [0.5, 0.6) is 0 Å². The van der Waals surface area contributed by atoms with E-state index in [9.17, 15) is 0 Å². The van der Waals surface area contributed by atoms with Gasteiger partial charge in [-0.1, -0.05) is 0 Å². The molecule has 1 atom stereocenters. The molecule has 0 spiro atoms. The molecule has 0 aromatic carbocycles. The van der Waals surface area contributed by atoms with Gasteiger partial charge in [-0.05, 0) is 26.0 Å². The van der Waals surface area contributed by atoms with Crippen LogP contribution in [-0.2, 0) is 9.47 Å². The Kier molecular flexibility index (Phi) is 6.60. The minimum atomic E-state index is -0.0735. The third-order valence-electron chi connectivity index (χ3n) is 2.21. The summed E-state index contributed by atoms with van der Waals surface area (Å²) in [5.41, 5.74) is 0. The second kappa shape index (κ2) is 7.51. The van der Waals surface area contributed by atoms with E-state index in [1.54, 1.807) is 0 Å². The van der Waals surface area contributed by atoms with Crippen molar-refractivity contribution < 1.29 is 9.47 Å². The molecule has 1 N–H and O–H groups in total. The third kappa shape index (κ3) is 4.64. The fourth-order valence-corrected chi connectivity index (χ4v) is 2.68. The van der Waals surface area contributed by atoms with Crippen LogP contribution in [0.2, 0.25) is 0 Å². The number of thioether (sulfide) groups is 1. The average Bonchev–Trinajstić information content (AvgIpc) is 2.67. The summed E-state index contributed by atoms with van der Waals surface area (Å²) in [6.45, 7) is 6.24. The van der Waals surface area contributed by atoms with Gasteiger partial charge in [0.05, 0.1) is 0 Å². The molecule has 1 heterocycles. The van der Waals surface area contributed by atoms with Crippen molar-refractivity contribution >= 4 is 11.8 Å². The molecule has 0 saturated carbocycles. The maximum absolute atomic E-state index is 5.45. The largest absolute Gasteiger partial charge is 0.352 e. The number of nitrogens with one attached hydrogen (secondary N) is 1. The molecule has 1 fully saturated rings. The molecule has 0 aliphatic carbocycles. The Bertz CT molecular complexity index is 134. The topological polar surface area (TPSA) is 30.5 Å². The highest BCUT2D eigenvalue weighted by Crippen LogP contribution is 2.16. The molecule has 0 radical (unpaired) electrons. The Morgan fingerprint density at radius 3 is 2.57 bits per heavy atom. The zero-order valence-electron chi connectivity index (χ0n) is 9.12. The van der Waals surface area contributed by atoms with Crippen LogP contribution in [0.25, 0.3) is 0 Å². The molecule has 14 heavy (non-hydrogen) atoms. The Morgan fingerprint density at radius 1 is 1.36 bits per heavy atom. The van der Waals surface area contributed by atoms with E-state index in [2.05, 4.69) is 5.32 Å². The van der Waals surface area contributed by atoms with Crippen molar-refractivity contribution in [3.8, 4) is 0 Å². The quantitative estimate of drug-likeness (QED) is 0.657. The summed E-state index contributed by atoms with van der Waals surface area (Å²) in [6.07, 6.45) is 1.20. The van der Waals surface area contributed by atoms with Gasteiger partial charge in [0.15, 0.2) is 6.29 Å². The summed E-state index contributed by atoms with van der Waals surface area (Å²) in [4.78, 5) is 0. The Balaban J connectivity index is 2.10. The zero-order valence-corrected chi connectivity index (χ0v) is 9.94. The minimum Gasteiger partial charge on any atom is -0.352 e. The Morgan fingerprint density at radius 2 is 2.07 bits per heavy atom. The molecule has 1 aliphatic rings. The summed E-state index contributed by atoms with van der Waals surface area (Å²) in [5.74, 6) is 2.51. The normalized spacial score (nSPS) is 22.1. The predicted octanol–water partition coefficient (Wildman–Crippen LogP) is 1.48. The van der Waals surface area contributed by atoms with Gasteiger partial charge in [0.1, 0.15) is 0 Å². The summed E-state index contributed by atoms with van der Waals surface area (Å²) in [6, 6.07) is 0.656. The first kappa shape index (κ1) is 12.3. The summed E-state index contributed by atoms with van der Waals surface area (Å²) in [5, 5.41) is 3.48. The van der Waals surface area contributed by atoms with Crippen LogP contribution in [0.4, 0.5) is 0 Å². The fraction of sp³-hybridized carbons (Fsp3) is 1.00. The van der Waals surface area contributed by atoms with Crippen LogP contribution in [0, 0.1) is 0 Å². The van der Waals surface area contributed by atoms with Crippen LogP contribution in [0.1, 0.15) is 20.3 Å². The first-order valence-corrected chi connectivity index (χ1v) is 6.56. The van der Waals surface area contributed by atoms with Crippen molar-refractivity contribution in [2.45, 2.75) is 32.6 Å². The molecular weight excluding hydrogens is 198 g/mol. The lowest BCUT2D eigenvalue weighted by Gasteiger charge is -2.19. The molecular formula is C10H21NO2S. The van der Waals surface area contributed by atoms with Gasteiger partial charge < -0.3 is 14.8 Å². The van der Waals surface area contributed by atoms with Crippen LogP contribution >= 0.6 is 11.8 Å². The first-order valence-electron chi connectivity index (χ1n) is 5.41. The lowest BCUT2D eigenvalue weighted by atomic mass is 10.2. The van der Waals surface area contributed by atoms with E-state index in [-0.39, 0.29) is 6.29 Å². The van der Waals surface area contributed by atoms with E-state index in [1.165, 1.54) is 17.9 Å². The molecule has 4 heteroatoms. The van der Waals surface area contributed by atoms with Gasteiger partial charge in [0.2, 0.25) is 0 Å². The SMILES string of the molecule is CCOC(CNC1CCSC1)OCC. The molecule has 0 bridgehead atoms. The molecule has 0 aromatic heterocycles. The molecule has 3 nitrogen and oxygen atoms in total. The summed E-state index contributed by atoms with van der Waals surface area (Å²) in [7, 11) is 0. The van der Waals surface area contributed by atoms with Gasteiger partial charge in [-0.25, -0.2) is 0 Å². The number of rotatable bonds is 7. The monoisotopic (exact) mass is 219 g/mol. The predicted molar refractivity (Wildman–Crippen MR) is 60.8 cm³/mol. The second-order valence-corrected chi connectivity index (χ2v) is 4.46. The van der Waals surface area contributed by atoms with Crippen molar-refractivity contribution in [3.63, 3.8) is 0 Å². The van der Waals surface area contributed by atoms with E-state index < -0.39 is 0 Å².